The molecule has 0 spiro atoms. The zero-order valence-corrected chi connectivity index (χ0v) is 43.6. The Hall–Kier alpha value is -3.25. The number of aromatic nitrogens is 8. The predicted molar refractivity (Wildman–Crippen MR) is 255 cm³/mol. The summed E-state index contributed by atoms with van der Waals surface area (Å²) in [6, 6.07) is 0. The normalized spacial score (nSPS) is 24.9. The van der Waals surface area contributed by atoms with Crippen molar-refractivity contribution in [3.63, 3.8) is 0 Å². The van der Waals surface area contributed by atoms with E-state index in [2.05, 4.69) is 125 Å². The minimum Gasteiger partial charge on any atom is -0.387 e. The molecule has 6 rings (SSSR count). The molecule has 10 atom stereocenters. The lowest BCUT2D eigenvalue weighted by Crippen LogP contribution is -2.33. The van der Waals surface area contributed by atoms with E-state index in [0.717, 1.165) is 12.7 Å². The van der Waals surface area contributed by atoms with Gasteiger partial charge in [-0.1, -0.05) is 62.3 Å². The lowest BCUT2D eigenvalue weighted by atomic mass is 10.1. The summed E-state index contributed by atoms with van der Waals surface area (Å²) >= 11 is 0. The fraction of sp³-hybridized carbons (Fsp3) is 0.737. The standard InChI is InChI=1S/C20H27N10O16P3.3C6H15N/c21-15-9-17(25-3-23-15)29(5-27-9)19-13(33)11(31)7(43-19)1-41-47(35,36)45-49(39,40)46-48(37,38)42-2-8-12(32)14(34)20(44-8)30-6-28-10-16(22)24-4-26-18(10)30;3*1-4-7(5-2)6-3/h3-8,11-14,19-20,31-34H,1-2H2,(H,35,36)(H,37,38)(H,39,40)(H2,21,23,25)(H2,22,24,26);3*4-6H2,1-3H3/t7-,8-,11-,12-,13-,14-,19-,20-;;;/m1.../s1. The Morgan fingerprint density at radius 2 is 0.814 bits per heavy atom. The molecule has 2 unspecified atom stereocenters. The minimum atomic E-state index is -5.94. The number of ether oxygens (including phenoxy) is 2. The van der Waals surface area contributed by atoms with Crippen LogP contribution in [0.15, 0.2) is 25.3 Å². The third kappa shape index (κ3) is 16.9. The molecule has 400 valence electrons. The van der Waals surface area contributed by atoms with Crippen molar-refractivity contribution in [3.05, 3.63) is 25.3 Å². The van der Waals surface area contributed by atoms with Gasteiger partial charge in [0.15, 0.2) is 35.4 Å². The summed E-state index contributed by atoms with van der Waals surface area (Å²) < 4.78 is 67.9. The van der Waals surface area contributed by atoms with E-state index in [1.54, 1.807) is 0 Å². The molecule has 29 nitrogen and oxygen atoms in total. The van der Waals surface area contributed by atoms with Crippen LogP contribution in [0.5, 0.6) is 0 Å². The highest BCUT2D eigenvalue weighted by Crippen LogP contribution is 2.68. The highest BCUT2D eigenvalue weighted by molar-refractivity contribution is 7.66. The Labute approximate surface area is 406 Å². The Balaban J connectivity index is 0.000000514. The lowest BCUT2D eigenvalue weighted by Gasteiger charge is -2.21. The minimum absolute atomic E-state index is 0.0158. The zero-order valence-electron chi connectivity index (χ0n) is 40.9. The summed E-state index contributed by atoms with van der Waals surface area (Å²) in [5.41, 5.74) is 12.0. The van der Waals surface area contributed by atoms with Gasteiger partial charge < -0.3 is 70.7 Å². The Morgan fingerprint density at radius 1 is 0.514 bits per heavy atom. The molecule has 0 bridgehead atoms. The predicted octanol–water partition coefficient (Wildman–Crippen LogP) is 1.48. The summed E-state index contributed by atoms with van der Waals surface area (Å²) in [5, 5.41) is 41.8. The first kappa shape index (κ1) is 61.1. The molecule has 0 aromatic carbocycles. The van der Waals surface area contributed by atoms with Crippen LogP contribution < -0.4 is 11.5 Å². The van der Waals surface area contributed by atoms with E-state index in [-0.39, 0.29) is 34.0 Å². The number of hydrogen-bond acceptors (Lipinski definition) is 24. The third-order valence-corrected chi connectivity index (χ3v) is 15.5. The van der Waals surface area contributed by atoms with Crippen LogP contribution in [-0.2, 0) is 40.8 Å². The van der Waals surface area contributed by atoms with Crippen LogP contribution in [-0.4, -0.2) is 198 Å². The third-order valence-electron chi connectivity index (χ3n) is 11.2. The molecule has 4 aromatic rings. The van der Waals surface area contributed by atoms with Crippen LogP contribution >= 0.6 is 23.5 Å². The highest BCUT2D eigenvalue weighted by atomic mass is 31.3. The van der Waals surface area contributed by atoms with Crippen molar-refractivity contribution in [2.24, 2.45) is 0 Å². The largest absolute Gasteiger partial charge is 0.490 e. The molecule has 11 N–H and O–H groups in total. The molecular weight excluding hydrogens is 987 g/mol. The number of nitrogen functional groups attached to an aromatic ring is 2. The van der Waals surface area contributed by atoms with Crippen LogP contribution in [0.2, 0.25) is 0 Å². The van der Waals surface area contributed by atoms with Crippen molar-refractivity contribution in [1.29, 1.82) is 0 Å². The zero-order chi connectivity index (χ0) is 52.6. The second-order valence-electron chi connectivity index (χ2n) is 15.3. The quantitative estimate of drug-likeness (QED) is 0.0534. The van der Waals surface area contributed by atoms with Crippen molar-refractivity contribution >= 4 is 57.4 Å². The summed E-state index contributed by atoms with van der Waals surface area (Å²) in [4.78, 5) is 60.6. The van der Waals surface area contributed by atoms with Gasteiger partial charge in [-0.25, -0.2) is 43.6 Å². The molecule has 2 aliphatic heterocycles. The van der Waals surface area contributed by atoms with Crippen LogP contribution in [0.25, 0.3) is 22.3 Å². The number of phosphoric ester groups is 2. The molecule has 32 heteroatoms. The number of imidazole rings is 2. The molecule has 2 saturated heterocycles. The van der Waals surface area contributed by atoms with Gasteiger partial charge in [0.25, 0.3) is 0 Å². The van der Waals surface area contributed by atoms with Crippen molar-refractivity contribution < 1.29 is 75.9 Å². The van der Waals surface area contributed by atoms with Gasteiger partial charge in [0.1, 0.15) is 60.3 Å². The summed E-state index contributed by atoms with van der Waals surface area (Å²) in [6.45, 7) is 28.3. The fourth-order valence-corrected chi connectivity index (χ4v) is 10.5. The molecule has 0 radical (unpaired) electrons. The van der Waals surface area contributed by atoms with E-state index < -0.39 is 85.8 Å². The molecule has 0 amide bonds. The number of anilines is 2. The maximum absolute atomic E-state index is 12.4. The molecule has 6 heterocycles. The molecule has 2 fully saturated rings. The first-order valence-corrected chi connectivity index (χ1v) is 27.3. The number of aliphatic hydroxyl groups excluding tert-OH is 4. The van der Waals surface area contributed by atoms with Crippen LogP contribution in [0, 0.1) is 0 Å². The van der Waals surface area contributed by atoms with Crippen molar-refractivity contribution in [1.82, 2.24) is 53.7 Å². The maximum atomic E-state index is 12.4. The molecule has 0 aliphatic carbocycles. The molecule has 70 heavy (non-hydrogen) atoms. The van der Waals surface area contributed by atoms with E-state index in [9.17, 15) is 48.8 Å². The number of fused-ring (bicyclic) bond motifs is 2. The number of nitrogens with two attached hydrogens (primary N) is 2. The molecule has 2 aliphatic rings. The molecule has 4 aromatic heterocycles. The van der Waals surface area contributed by atoms with Crippen molar-refractivity contribution in [2.45, 2.75) is 111 Å². The number of aliphatic hydroxyl groups is 4. The Kier molecular flexibility index (Phi) is 24.7. The van der Waals surface area contributed by atoms with Crippen molar-refractivity contribution in [2.75, 3.05) is 83.6 Å². The van der Waals surface area contributed by atoms with E-state index in [4.69, 9.17) is 20.9 Å². The number of hydrogen-bond donors (Lipinski definition) is 9. The van der Waals surface area contributed by atoms with Gasteiger partial charge in [0.05, 0.1) is 25.9 Å². The van der Waals surface area contributed by atoms with Crippen LogP contribution in [0.4, 0.5) is 11.6 Å². The first-order chi connectivity index (χ1) is 33.0. The molecular formula is C38H72N13O16P3. The number of phosphoric acid groups is 3. The fourth-order valence-electron chi connectivity index (χ4n) is 6.98. The lowest BCUT2D eigenvalue weighted by molar-refractivity contribution is -0.0510. The van der Waals surface area contributed by atoms with E-state index >= 15 is 0 Å². The monoisotopic (exact) mass is 1060 g/mol. The van der Waals surface area contributed by atoms with Gasteiger partial charge in [-0.15, -0.1) is 0 Å². The van der Waals surface area contributed by atoms with Gasteiger partial charge >= 0.3 is 23.5 Å². The second-order valence-corrected chi connectivity index (χ2v) is 19.9. The Morgan fingerprint density at radius 3 is 1.09 bits per heavy atom. The Bertz CT molecular complexity index is 2140. The van der Waals surface area contributed by atoms with Gasteiger partial charge in [-0.2, -0.15) is 8.62 Å². The van der Waals surface area contributed by atoms with Gasteiger partial charge in [-0.05, 0) is 58.9 Å². The van der Waals surface area contributed by atoms with Gasteiger partial charge in [0, 0.05) is 0 Å². The van der Waals surface area contributed by atoms with E-state index in [1.165, 1.54) is 80.7 Å². The van der Waals surface area contributed by atoms with Crippen LogP contribution in [0.1, 0.15) is 74.8 Å². The van der Waals surface area contributed by atoms with Gasteiger partial charge in [0.2, 0.25) is 0 Å². The first-order valence-electron chi connectivity index (χ1n) is 22.8. The summed E-state index contributed by atoms with van der Waals surface area (Å²) in [5.74, 6) is 0.0316. The smallest absolute Gasteiger partial charge is 0.387 e. The molecule has 0 saturated carbocycles. The summed E-state index contributed by atoms with van der Waals surface area (Å²) in [6.07, 6.45) is -7.97. The highest BCUT2D eigenvalue weighted by Gasteiger charge is 2.49. The topological polar surface area (TPSA) is 397 Å². The number of rotatable bonds is 21. The number of nitrogens with zero attached hydrogens (tertiary/aromatic N) is 11. The maximum Gasteiger partial charge on any atom is 0.490 e. The second kappa shape index (κ2) is 28.3. The average Bonchev–Trinajstić information content (AvgIpc) is 4.09. The average molecular weight is 1060 g/mol. The van der Waals surface area contributed by atoms with Crippen molar-refractivity contribution in [3.8, 4) is 0 Å². The van der Waals surface area contributed by atoms with Crippen LogP contribution in [0.3, 0.4) is 0 Å². The summed E-state index contributed by atoms with van der Waals surface area (Å²) in [7, 11) is -17.2. The van der Waals surface area contributed by atoms with Gasteiger partial charge in [-0.3, -0.25) is 18.2 Å². The van der Waals surface area contributed by atoms with E-state index in [0.29, 0.717) is 0 Å². The SMILES string of the molecule is CCN(CC)CC.CCN(CC)CC.CCN(CC)CC.Nc1ncnc2c1ncn2[C@@H]1O[C@H](COP(=O)(O)OP(=O)(O)OP(=O)(O)OC[C@H]2O[C@@H](n3cnc4c(N)ncnc43)[C@H](O)[C@@H]2O)[C@@H](O)[C@H]1O. The van der Waals surface area contributed by atoms with E-state index in [1.807, 2.05) is 0 Å².